The summed E-state index contributed by atoms with van der Waals surface area (Å²) >= 11 is 0. The van der Waals surface area contributed by atoms with E-state index in [0.29, 0.717) is 5.56 Å². The Balaban J connectivity index is 2.02. The molecule has 1 N–H and O–H groups in total. The van der Waals surface area contributed by atoms with Crippen LogP contribution in [0.2, 0.25) is 0 Å². The molecule has 0 bridgehead atoms. The molecule has 0 radical (unpaired) electrons. The second-order valence-corrected chi connectivity index (χ2v) is 4.84. The fourth-order valence-electron chi connectivity index (χ4n) is 2.67. The molecule has 0 spiro atoms. The van der Waals surface area contributed by atoms with Gasteiger partial charge in [0.05, 0.1) is 11.3 Å². The van der Waals surface area contributed by atoms with E-state index in [2.05, 4.69) is 15.2 Å². The number of nitrogens with zero attached hydrogens (tertiary/aromatic N) is 2. The lowest BCUT2D eigenvalue weighted by molar-refractivity contribution is 0.621. The summed E-state index contributed by atoms with van der Waals surface area (Å²) in [6, 6.07) is 5.31. The molecule has 2 aliphatic rings. The van der Waals surface area contributed by atoms with Gasteiger partial charge in [-0.1, -0.05) is 6.07 Å². The monoisotopic (exact) mass is 247 g/mol. The van der Waals surface area contributed by atoms with Crippen LogP contribution in [0.4, 0.5) is 10.1 Å². The average Bonchev–Trinajstić information content (AvgIpc) is 2.93. The normalized spacial score (nSPS) is 19.6. The van der Waals surface area contributed by atoms with Crippen molar-refractivity contribution in [2.45, 2.75) is 19.3 Å². The number of hydrogen-bond donors (Lipinski definition) is 1. The van der Waals surface area contributed by atoms with Crippen LogP contribution < -0.4 is 10.2 Å². The topological polar surface area (TPSA) is 27.6 Å². The first-order valence-corrected chi connectivity index (χ1v) is 6.68. The van der Waals surface area contributed by atoms with E-state index in [1.807, 2.05) is 6.07 Å². The molecule has 0 unspecified atom stereocenters. The second-order valence-electron chi connectivity index (χ2n) is 4.84. The lowest BCUT2D eigenvalue weighted by Crippen LogP contribution is -2.33. The van der Waals surface area contributed by atoms with Gasteiger partial charge in [-0.25, -0.2) is 4.39 Å². The zero-order valence-electron chi connectivity index (χ0n) is 10.5. The van der Waals surface area contributed by atoms with E-state index in [-0.39, 0.29) is 5.82 Å². The first-order valence-electron chi connectivity index (χ1n) is 6.68. The number of hydrogen-bond acceptors (Lipinski definition) is 3. The molecule has 96 valence electrons. The predicted molar refractivity (Wildman–Crippen MR) is 71.9 cm³/mol. The van der Waals surface area contributed by atoms with Crippen LogP contribution in [-0.4, -0.2) is 32.0 Å². The van der Waals surface area contributed by atoms with Crippen LogP contribution >= 0.6 is 0 Å². The van der Waals surface area contributed by atoms with Crippen molar-refractivity contribution >= 4 is 11.5 Å². The molecule has 0 atom stereocenters. The van der Waals surface area contributed by atoms with Gasteiger partial charge in [-0.15, -0.1) is 0 Å². The van der Waals surface area contributed by atoms with E-state index >= 15 is 0 Å². The molecule has 0 aromatic heterocycles. The van der Waals surface area contributed by atoms with Gasteiger partial charge >= 0.3 is 0 Å². The first kappa shape index (κ1) is 11.5. The van der Waals surface area contributed by atoms with Gasteiger partial charge in [-0.3, -0.25) is 4.99 Å². The van der Waals surface area contributed by atoms with Crippen molar-refractivity contribution < 1.29 is 4.39 Å². The van der Waals surface area contributed by atoms with Gasteiger partial charge in [0.1, 0.15) is 11.7 Å². The maximum absolute atomic E-state index is 14.1. The number of amidine groups is 1. The highest BCUT2D eigenvalue weighted by Crippen LogP contribution is 2.27. The van der Waals surface area contributed by atoms with E-state index in [1.165, 1.54) is 18.9 Å². The summed E-state index contributed by atoms with van der Waals surface area (Å²) in [4.78, 5) is 6.69. The Labute approximate surface area is 107 Å². The smallest absolute Gasteiger partial charge is 0.136 e. The highest BCUT2D eigenvalue weighted by atomic mass is 19.1. The van der Waals surface area contributed by atoms with Crippen LogP contribution in [0.5, 0.6) is 0 Å². The number of nitrogens with one attached hydrogen (secondary N) is 1. The molecule has 18 heavy (non-hydrogen) atoms. The third-order valence-corrected chi connectivity index (χ3v) is 3.57. The van der Waals surface area contributed by atoms with Crippen molar-refractivity contribution in [2.24, 2.45) is 4.99 Å². The van der Waals surface area contributed by atoms with E-state index in [0.717, 1.165) is 44.1 Å². The van der Waals surface area contributed by atoms with Crippen molar-refractivity contribution in [3.63, 3.8) is 0 Å². The standard InChI is InChI=1S/C14H18FN3/c15-11-5-3-6-12(18-9-1-2-10-18)13(11)14-16-7-4-8-17-14/h3,5-6H,1-2,4,7-10H2,(H,16,17). The minimum Gasteiger partial charge on any atom is -0.371 e. The molecule has 3 nitrogen and oxygen atoms in total. The number of rotatable bonds is 2. The summed E-state index contributed by atoms with van der Waals surface area (Å²) in [6.07, 6.45) is 3.41. The van der Waals surface area contributed by atoms with Gasteiger partial charge in [0.15, 0.2) is 0 Å². The fourth-order valence-corrected chi connectivity index (χ4v) is 2.67. The zero-order chi connectivity index (χ0) is 12.4. The van der Waals surface area contributed by atoms with E-state index in [9.17, 15) is 4.39 Å². The predicted octanol–water partition coefficient (Wildman–Crippen LogP) is 2.17. The molecule has 3 rings (SSSR count). The zero-order valence-corrected chi connectivity index (χ0v) is 10.5. The van der Waals surface area contributed by atoms with Crippen LogP contribution in [-0.2, 0) is 0 Å². The van der Waals surface area contributed by atoms with Gasteiger partial charge in [0, 0.05) is 26.2 Å². The summed E-state index contributed by atoms with van der Waals surface area (Å²) in [5, 5.41) is 3.22. The van der Waals surface area contributed by atoms with Crippen molar-refractivity contribution in [1.82, 2.24) is 5.32 Å². The highest BCUT2D eigenvalue weighted by Gasteiger charge is 2.22. The molecule has 1 saturated heterocycles. The molecule has 0 saturated carbocycles. The van der Waals surface area contributed by atoms with E-state index < -0.39 is 0 Å². The third kappa shape index (κ3) is 2.07. The highest BCUT2D eigenvalue weighted by molar-refractivity contribution is 6.04. The Bertz CT molecular complexity index is 464. The van der Waals surface area contributed by atoms with Crippen LogP contribution in [0.3, 0.4) is 0 Å². The van der Waals surface area contributed by atoms with Gasteiger partial charge in [0.2, 0.25) is 0 Å². The minimum atomic E-state index is -0.174. The Morgan fingerprint density at radius 1 is 1.17 bits per heavy atom. The van der Waals surface area contributed by atoms with Crippen LogP contribution in [0.25, 0.3) is 0 Å². The molecule has 1 aromatic carbocycles. The van der Waals surface area contributed by atoms with Crippen LogP contribution in [0.15, 0.2) is 23.2 Å². The van der Waals surface area contributed by atoms with E-state index in [1.54, 1.807) is 6.07 Å². The SMILES string of the molecule is Fc1cccc(N2CCCC2)c1C1=NCCCN1. The molecule has 1 aromatic rings. The maximum atomic E-state index is 14.1. The molecular formula is C14H18FN3. The summed E-state index contributed by atoms with van der Waals surface area (Å²) in [7, 11) is 0. The lowest BCUT2D eigenvalue weighted by Gasteiger charge is -2.24. The summed E-state index contributed by atoms with van der Waals surface area (Å²) in [5.74, 6) is 0.550. The molecular weight excluding hydrogens is 229 g/mol. The van der Waals surface area contributed by atoms with Crippen molar-refractivity contribution in [3.8, 4) is 0 Å². The van der Waals surface area contributed by atoms with Gasteiger partial charge in [0.25, 0.3) is 0 Å². The Morgan fingerprint density at radius 2 is 2.00 bits per heavy atom. The van der Waals surface area contributed by atoms with Crippen LogP contribution in [0, 0.1) is 5.82 Å². The lowest BCUT2D eigenvalue weighted by atomic mass is 10.1. The van der Waals surface area contributed by atoms with Crippen molar-refractivity contribution in [3.05, 3.63) is 29.6 Å². The Kier molecular flexibility index (Phi) is 3.17. The van der Waals surface area contributed by atoms with Gasteiger partial charge in [-0.2, -0.15) is 0 Å². The summed E-state index contributed by atoms with van der Waals surface area (Å²) in [6.45, 7) is 3.70. The molecule has 0 amide bonds. The Hall–Kier alpha value is -1.58. The average molecular weight is 247 g/mol. The minimum absolute atomic E-state index is 0.174. The van der Waals surface area contributed by atoms with Gasteiger partial charge < -0.3 is 10.2 Å². The summed E-state index contributed by atoms with van der Waals surface area (Å²) in [5.41, 5.74) is 1.64. The van der Waals surface area contributed by atoms with E-state index in [4.69, 9.17) is 0 Å². The molecule has 4 heteroatoms. The fraction of sp³-hybridized carbons (Fsp3) is 0.500. The number of halogens is 1. The summed E-state index contributed by atoms with van der Waals surface area (Å²) < 4.78 is 14.1. The number of anilines is 1. The second kappa shape index (κ2) is 4.96. The molecule has 1 fully saturated rings. The van der Waals surface area contributed by atoms with Gasteiger partial charge in [-0.05, 0) is 31.4 Å². The molecule has 0 aliphatic carbocycles. The Morgan fingerprint density at radius 3 is 2.72 bits per heavy atom. The third-order valence-electron chi connectivity index (χ3n) is 3.57. The maximum Gasteiger partial charge on any atom is 0.136 e. The quantitative estimate of drug-likeness (QED) is 0.867. The van der Waals surface area contributed by atoms with Crippen molar-refractivity contribution in [2.75, 3.05) is 31.1 Å². The number of aliphatic imine (C=N–C) groups is 1. The first-order chi connectivity index (χ1) is 8.86. The van der Waals surface area contributed by atoms with Crippen LogP contribution in [0.1, 0.15) is 24.8 Å². The molecule has 2 aliphatic heterocycles. The largest absolute Gasteiger partial charge is 0.371 e. The molecule has 2 heterocycles. The van der Waals surface area contributed by atoms with Crippen molar-refractivity contribution in [1.29, 1.82) is 0 Å². The number of benzene rings is 1.